The van der Waals surface area contributed by atoms with E-state index < -0.39 is 0 Å². The van der Waals surface area contributed by atoms with Gasteiger partial charge in [0.25, 0.3) is 0 Å². The van der Waals surface area contributed by atoms with Gasteiger partial charge < -0.3 is 20.1 Å². The lowest BCUT2D eigenvalue weighted by atomic mass is 10.0. The Hall–Kier alpha value is -1.26. The van der Waals surface area contributed by atoms with E-state index >= 15 is 0 Å². The molecule has 2 heterocycles. The molecule has 1 aromatic carbocycles. The molecule has 110 valence electrons. The van der Waals surface area contributed by atoms with Crippen LogP contribution in [0.15, 0.2) is 18.2 Å². The minimum atomic E-state index is 0.0462. The van der Waals surface area contributed by atoms with Crippen molar-refractivity contribution in [1.29, 1.82) is 0 Å². The molecule has 2 aliphatic heterocycles. The number of hydrogen-bond donors (Lipinski definition) is 1. The Labute approximate surface area is 120 Å². The molecule has 20 heavy (non-hydrogen) atoms. The standard InChI is InChI=1S/C16H24N2O2/c1-2-3-12-6-7-18(9-12)10-14(17)13-4-5-15-16(8-13)20-11-19-15/h4-5,8,12,14H,2-3,6-7,9-11,17H2,1H3. The minimum absolute atomic E-state index is 0.0462. The molecule has 0 bridgehead atoms. The summed E-state index contributed by atoms with van der Waals surface area (Å²) >= 11 is 0. The molecule has 2 unspecified atom stereocenters. The fourth-order valence-corrected chi connectivity index (χ4v) is 3.25. The number of nitrogens with two attached hydrogens (primary N) is 1. The van der Waals surface area contributed by atoms with Gasteiger partial charge >= 0.3 is 0 Å². The highest BCUT2D eigenvalue weighted by Crippen LogP contribution is 2.34. The number of rotatable bonds is 5. The quantitative estimate of drug-likeness (QED) is 0.898. The average molecular weight is 276 g/mol. The zero-order valence-corrected chi connectivity index (χ0v) is 12.2. The van der Waals surface area contributed by atoms with Crippen LogP contribution in [0.5, 0.6) is 11.5 Å². The summed E-state index contributed by atoms with van der Waals surface area (Å²) in [7, 11) is 0. The highest BCUT2D eigenvalue weighted by Gasteiger charge is 2.24. The van der Waals surface area contributed by atoms with E-state index in [0.717, 1.165) is 29.5 Å². The molecular weight excluding hydrogens is 252 g/mol. The van der Waals surface area contributed by atoms with E-state index in [0.29, 0.717) is 6.79 Å². The van der Waals surface area contributed by atoms with Crippen LogP contribution in [0.4, 0.5) is 0 Å². The fraction of sp³-hybridized carbons (Fsp3) is 0.625. The fourth-order valence-electron chi connectivity index (χ4n) is 3.25. The minimum Gasteiger partial charge on any atom is -0.454 e. The number of likely N-dealkylation sites (tertiary alicyclic amines) is 1. The molecule has 4 nitrogen and oxygen atoms in total. The molecule has 4 heteroatoms. The number of ether oxygens (including phenoxy) is 2. The maximum absolute atomic E-state index is 6.35. The second kappa shape index (κ2) is 6.02. The monoisotopic (exact) mass is 276 g/mol. The molecule has 2 atom stereocenters. The van der Waals surface area contributed by atoms with Gasteiger partial charge in [-0.05, 0) is 43.0 Å². The SMILES string of the molecule is CCCC1CCN(CC(N)c2ccc3c(c2)OCO3)C1. The van der Waals surface area contributed by atoms with Gasteiger partial charge in [-0.25, -0.2) is 0 Å². The van der Waals surface area contributed by atoms with Gasteiger partial charge in [-0.1, -0.05) is 19.4 Å². The van der Waals surface area contributed by atoms with Crippen LogP contribution >= 0.6 is 0 Å². The van der Waals surface area contributed by atoms with Crippen LogP contribution in [-0.4, -0.2) is 31.3 Å². The molecule has 3 rings (SSSR count). The highest BCUT2D eigenvalue weighted by molar-refractivity contribution is 5.45. The van der Waals surface area contributed by atoms with Gasteiger partial charge in [0, 0.05) is 19.1 Å². The van der Waals surface area contributed by atoms with Crippen LogP contribution in [0.2, 0.25) is 0 Å². The molecule has 0 spiro atoms. The van der Waals surface area contributed by atoms with Crippen molar-refractivity contribution in [3.63, 3.8) is 0 Å². The lowest BCUT2D eigenvalue weighted by molar-refractivity contribution is 0.174. The summed E-state index contributed by atoms with van der Waals surface area (Å²) in [5.74, 6) is 2.51. The molecule has 0 saturated carbocycles. The molecule has 0 radical (unpaired) electrons. The van der Waals surface area contributed by atoms with Gasteiger partial charge in [-0.15, -0.1) is 0 Å². The van der Waals surface area contributed by atoms with E-state index in [-0.39, 0.29) is 6.04 Å². The first kappa shape index (κ1) is 13.7. The molecule has 0 amide bonds. The summed E-state index contributed by atoms with van der Waals surface area (Å²) in [6.07, 6.45) is 3.95. The van der Waals surface area contributed by atoms with Gasteiger partial charge in [-0.3, -0.25) is 0 Å². The Morgan fingerprint density at radius 2 is 2.20 bits per heavy atom. The summed E-state index contributed by atoms with van der Waals surface area (Å²) < 4.78 is 10.8. The van der Waals surface area contributed by atoms with Crippen molar-refractivity contribution in [2.75, 3.05) is 26.4 Å². The maximum Gasteiger partial charge on any atom is 0.231 e. The first-order valence-electron chi connectivity index (χ1n) is 7.63. The third kappa shape index (κ3) is 2.91. The largest absolute Gasteiger partial charge is 0.454 e. The lowest BCUT2D eigenvalue weighted by Crippen LogP contribution is -2.30. The second-order valence-electron chi connectivity index (χ2n) is 5.92. The Morgan fingerprint density at radius 3 is 3.05 bits per heavy atom. The molecule has 0 aromatic heterocycles. The Bertz CT molecular complexity index is 464. The van der Waals surface area contributed by atoms with Crippen LogP contribution in [-0.2, 0) is 0 Å². The summed E-state index contributed by atoms with van der Waals surface area (Å²) in [5, 5.41) is 0. The van der Waals surface area contributed by atoms with E-state index in [4.69, 9.17) is 15.2 Å². The normalized spacial score (nSPS) is 23.2. The number of nitrogens with zero attached hydrogens (tertiary/aromatic N) is 1. The molecule has 1 saturated heterocycles. The van der Waals surface area contributed by atoms with E-state index in [1.54, 1.807) is 0 Å². The summed E-state index contributed by atoms with van der Waals surface area (Å²) in [6.45, 7) is 5.90. The van der Waals surface area contributed by atoms with Gasteiger partial charge in [0.2, 0.25) is 6.79 Å². The number of benzene rings is 1. The Balaban J connectivity index is 1.58. The van der Waals surface area contributed by atoms with Gasteiger partial charge in [0.15, 0.2) is 11.5 Å². The highest BCUT2D eigenvalue weighted by atomic mass is 16.7. The van der Waals surface area contributed by atoms with Gasteiger partial charge in [0.1, 0.15) is 0 Å². The van der Waals surface area contributed by atoms with Crippen molar-refractivity contribution in [1.82, 2.24) is 4.90 Å². The van der Waals surface area contributed by atoms with Crippen LogP contribution in [0.1, 0.15) is 37.8 Å². The zero-order chi connectivity index (χ0) is 13.9. The van der Waals surface area contributed by atoms with E-state index in [1.807, 2.05) is 12.1 Å². The van der Waals surface area contributed by atoms with Crippen molar-refractivity contribution in [3.8, 4) is 11.5 Å². The third-order valence-corrected chi connectivity index (χ3v) is 4.35. The molecule has 1 fully saturated rings. The predicted molar refractivity (Wildman–Crippen MR) is 78.9 cm³/mol. The second-order valence-corrected chi connectivity index (χ2v) is 5.92. The maximum atomic E-state index is 6.35. The van der Waals surface area contributed by atoms with Crippen LogP contribution in [0, 0.1) is 5.92 Å². The molecular formula is C16H24N2O2. The molecule has 0 aliphatic carbocycles. The smallest absolute Gasteiger partial charge is 0.231 e. The first-order chi connectivity index (χ1) is 9.76. The topological polar surface area (TPSA) is 47.7 Å². The zero-order valence-electron chi connectivity index (χ0n) is 12.2. The number of fused-ring (bicyclic) bond motifs is 1. The van der Waals surface area contributed by atoms with Gasteiger partial charge in [-0.2, -0.15) is 0 Å². The average Bonchev–Trinajstić information content (AvgIpc) is 3.07. The van der Waals surface area contributed by atoms with Gasteiger partial charge in [0.05, 0.1) is 0 Å². The van der Waals surface area contributed by atoms with Crippen molar-refractivity contribution < 1.29 is 9.47 Å². The molecule has 1 aromatic rings. The van der Waals surface area contributed by atoms with Crippen molar-refractivity contribution in [3.05, 3.63) is 23.8 Å². The van der Waals surface area contributed by atoms with E-state index in [2.05, 4.69) is 17.9 Å². The van der Waals surface area contributed by atoms with Crippen LogP contribution in [0.25, 0.3) is 0 Å². The summed E-state index contributed by atoms with van der Waals surface area (Å²) in [5.41, 5.74) is 7.48. The molecule has 2 N–H and O–H groups in total. The third-order valence-electron chi connectivity index (χ3n) is 4.35. The van der Waals surface area contributed by atoms with Crippen molar-refractivity contribution in [2.24, 2.45) is 11.7 Å². The van der Waals surface area contributed by atoms with Crippen LogP contribution < -0.4 is 15.2 Å². The first-order valence-corrected chi connectivity index (χ1v) is 7.63. The van der Waals surface area contributed by atoms with E-state index in [9.17, 15) is 0 Å². The Morgan fingerprint density at radius 1 is 1.35 bits per heavy atom. The lowest BCUT2D eigenvalue weighted by Gasteiger charge is -2.21. The predicted octanol–water partition coefficient (Wildman–Crippen LogP) is 2.54. The summed E-state index contributed by atoms with van der Waals surface area (Å²) in [4.78, 5) is 2.50. The van der Waals surface area contributed by atoms with E-state index in [1.165, 1.54) is 32.4 Å². The van der Waals surface area contributed by atoms with Crippen molar-refractivity contribution >= 4 is 0 Å². The number of hydrogen-bond acceptors (Lipinski definition) is 4. The Kier molecular flexibility index (Phi) is 4.13. The molecule has 2 aliphatic rings. The van der Waals surface area contributed by atoms with Crippen molar-refractivity contribution in [2.45, 2.75) is 32.2 Å². The van der Waals surface area contributed by atoms with Crippen LogP contribution in [0.3, 0.4) is 0 Å². The summed E-state index contributed by atoms with van der Waals surface area (Å²) in [6, 6.07) is 6.08.